The van der Waals surface area contributed by atoms with E-state index in [0.717, 1.165) is 44.1 Å². The third kappa shape index (κ3) is 4.46. The van der Waals surface area contributed by atoms with Crippen LogP contribution in [0.4, 0.5) is 4.79 Å². The number of likely N-dealkylation sites (N-methyl/N-ethyl adjacent to an activating group) is 1. The molecule has 0 radical (unpaired) electrons. The molecule has 0 unspecified atom stereocenters. The number of ketones is 2. The van der Waals surface area contributed by atoms with E-state index in [0.29, 0.717) is 26.1 Å². The molecule has 3 fully saturated rings. The van der Waals surface area contributed by atoms with Crippen molar-refractivity contribution in [3.8, 4) is 6.07 Å². The van der Waals surface area contributed by atoms with Crippen LogP contribution in [0.2, 0.25) is 0 Å². The van der Waals surface area contributed by atoms with Gasteiger partial charge >= 0.3 is 6.03 Å². The van der Waals surface area contributed by atoms with Crippen LogP contribution in [0, 0.1) is 55.7 Å². The number of ether oxygens (including phenoxy) is 1. The lowest BCUT2D eigenvalue weighted by Gasteiger charge is -2.71. The molecule has 5 rings (SSSR count). The molecule has 5 aliphatic rings. The summed E-state index contributed by atoms with van der Waals surface area (Å²) in [6, 6.07) is 2.10. The number of amides is 2. The van der Waals surface area contributed by atoms with Crippen molar-refractivity contribution in [3.05, 3.63) is 23.3 Å². The minimum absolute atomic E-state index is 0.0431. The summed E-state index contributed by atoms with van der Waals surface area (Å²) < 4.78 is 5.16. The fourth-order valence-electron chi connectivity index (χ4n) is 11.2. The Hall–Kier alpha value is -2.50. The van der Waals surface area contributed by atoms with Gasteiger partial charge in [-0.05, 0) is 78.8 Å². The minimum atomic E-state index is -1.57. The van der Waals surface area contributed by atoms with Crippen molar-refractivity contribution in [1.82, 2.24) is 9.80 Å². The van der Waals surface area contributed by atoms with Crippen LogP contribution in [0.25, 0.3) is 0 Å². The largest absolute Gasteiger partial charge is 0.383 e. The molecule has 8 nitrogen and oxygen atoms in total. The molecule has 8 heteroatoms. The maximum absolute atomic E-state index is 14.7. The first-order valence-electron chi connectivity index (χ1n) is 16.8. The number of carbonyl (C=O) groups excluding carboxylic acids is 3. The molecule has 0 aromatic rings. The van der Waals surface area contributed by atoms with E-state index in [4.69, 9.17) is 4.74 Å². The first-order chi connectivity index (χ1) is 20.7. The second-order valence-electron chi connectivity index (χ2n) is 17.2. The number of methoxy groups -OCH3 is 1. The molecule has 0 bridgehead atoms. The second-order valence-corrected chi connectivity index (χ2v) is 17.2. The molecular weight excluding hydrogens is 566 g/mol. The van der Waals surface area contributed by atoms with Crippen molar-refractivity contribution in [2.24, 2.45) is 44.3 Å². The van der Waals surface area contributed by atoms with Crippen molar-refractivity contribution < 1.29 is 24.2 Å². The molecule has 5 aliphatic carbocycles. The van der Waals surface area contributed by atoms with Crippen molar-refractivity contribution in [2.45, 2.75) is 99.0 Å². The topological polar surface area (TPSA) is 111 Å². The number of carbonyl (C=O) groups is 3. The summed E-state index contributed by atoms with van der Waals surface area (Å²) in [7, 11) is 5.25. The molecule has 8 atom stereocenters. The maximum atomic E-state index is 14.7. The molecule has 0 aromatic heterocycles. The van der Waals surface area contributed by atoms with Gasteiger partial charge in [-0.1, -0.05) is 54.5 Å². The van der Waals surface area contributed by atoms with E-state index in [9.17, 15) is 24.8 Å². The summed E-state index contributed by atoms with van der Waals surface area (Å²) in [5.41, 5.74) is -3.48. The molecule has 3 saturated carbocycles. The van der Waals surface area contributed by atoms with Crippen LogP contribution >= 0.6 is 0 Å². The van der Waals surface area contributed by atoms with E-state index >= 15 is 0 Å². The highest BCUT2D eigenvalue weighted by Crippen LogP contribution is 2.75. The SMILES string of the molecule is COCCN(C)C(=O)N(C)C[C@@]1(C)CC[C@]2(C)CC[C@@]3(C)[C@]4(C)CC[C@H]5C(C)(C)C(=O)C(C#N)=C[C@]5(C)C4=CC(=O)[C@]3(O)[C@@H]2C1. The monoisotopic (exact) mass is 621 g/mol. The van der Waals surface area contributed by atoms with Gasteiger partial charge in [0.25, 0.3) is 0 Å². The summed E-state index contributed by atoms with van der Waals surface area (Å²) in [5.74, 6) is -0.660. The fourth-order valence-corrected chi connectivity index (χ4v) is 11.2. The number of Topliss-reactive ketones (excluding diaryl/α,β-unsaturated/α-hetero) is 1. The first-order valence-corrected chi connectivity index (χ1v) is 16.8. The highest BCUT2D eigenvalue weighted by atomic mass is 16.5. The van der Waals surface area contributed by atoms with Crippen molar-refractivity contribution in [2.75, 3.05) is 40.9 Å². The van der Waals surface area contributed by atoms with E-state index in [2.05, 4.69) is 40.7 Å². The predicted octanol–water partition coefficient (Wildman–Crippen LogP) is 5.95. The zero-order valence-electron chi connectivity index (χ0n) is 29.3. The molecule has 248 valence electrons. The molecular formula is C37H55N3O5. The number of urea groups is 1. The lowest BCUT2D eigenvalue weighted by molar-refractivity contribution is -0.243. The van der Waals surface area contributed by atoms with Gasteiger partial charge in [0.15, 0.2) is 11.6 Å². The van der Waals surface area contributed by atoms with E-state index in [1.54, 1.807) is 30.0 Å². The summed E-state index contributed by atoms with van der Waals surface area (Å²) >= 11 is 0. The summed E-state index contributed by atoms with van der Waals surface area (Å²) in [5, 5.41) is 23.1. The van der Waals surface area contributed by atoms with Gasteiger partial charge in [0.2, 0.25) is 0 Å². The van der Waals surface area contributed by atoms with Gasteiger partial charge in [-0.3, -0.25) is 9.59 Å². The highest BCUT2D eigenvalue weighted by Gasteiger charge is 2.75. The van der Waals surface area contributed by atoms with Crippen LogP contribution in [0.3, 0.4) is 0 Å². The number of nitrogens with zero attached hydrogens (tertiary/aromatic N) is 3. The van der Waals surface area contributed by atoms with Crippen LogP contribution < -0.4 is 0 Å². The number of hydrogen-bond donors (Lipinski definition) is 1. The number of nitriles is 1. The van der Waals surface area contributed by atoms with E-state index in [1.165, 1.54) is 0 Å². The Morgan fingerprint density at radius 2 is 1.64 bits per heavy atom. The highest BCUT2D eigenvalue weighted by molar-refractivity contribution is 6.05. The Labute approximate surface area is 270 Å². The number of fused-ring (bicyclic) bond motifs is 7. The first kappa shape index (κ1) is 33.9. The van der Waals surface area contributed by atoms with Crippen molar-refractivity contribution >= 4 is 17.6 Å². The Balaban J connectivity index is 1.55. The lowest BCUT2D eigenvalue weighted by Crippen LogP contribution is -2.74. The Morgan fingerprint density at radius 3 is 2.27 bits per heavy atom. The fraction of sp³-hybridized carbons (Fsp3) is 0.784. The summed E-state index contributed by atoms with van der Waals surface area (Å²) in [4.78, 5) is 44.7. The predicted molar refractivity (Wildman–Crippen MR) is 173 cm³/mol. The Kier molecular flexibility index (Phi) is 7.90. The molecule has 45 heavy (non-hydrogen) atoms. The number of hydrogen-bond acceptors (Lipinski definition) is 6. The molecule has 0 aromatic carbocycles. The van der Waals surface area contributed by atoms with E-state index in [1.807, 2.05) is 27.0 Å². The third-order valence-corrected chi connectivity index (χ3v) is 14.2. The Bertz CT molecular complexity index is 1410. The zero-order chi connectivity index (χ0) is 33.6. The maximum Gasteiger partial charge on any atom is 0.319 e. The quantitative estimate of drug-likeness (QED) is 0.406. The lowest BCUT2D eigenvalue weighted by atomic mass is 9.33. The van der Waals surface area contributed by atoms with Gasteiger partial charge in [0.1, 0.15) is 11.7 Å². The number of rotatable bonds is 5. The van der Waals surface area contributed by atoms with Crippen LogP contribution in [-0.4, -0.2) is 79.0 Å². The average molecular weight is 622 g/mol. The van der Waals surface area contributed by atoms with E-state index in [-0.39, 0.29) is 45.8 Å². The van der Waals surface area contributed by atoms with Gasteiger partial charge in [-0.2, -0.15) is 5.26 Å². The van der Waals surface area contributed by atoms with Crippen LogP contribution in [0.1, 0.15) is 93.4 Å². The second kappa shape index (κ2) is 10.5. The number of aliphatic hydroxyl groups is 1. The molecule has 1 N–H and O–H groups in total. The normalized spacial score (nSPS) is 43.4. The smallest absolute Gasteiger partial charge is 0.319 e. The molecule has 0 aliphatic heterocycles. The average Bonchev–Trinajstić information content (AvgIpc) is 2.97. The minimum Gasteiger partial charge on any atom is -0.383 e. The van der Waals surface area contributed by atoms with Gasteiger partial charge in [-0.15, -0.1) is 0 Å². The van der Waals surface area contributed by atoms with Crippen LogP contribution in [0.5, 0.6) is 0 Å². The van der Waals surface area contributed by atoms with Gasteiger partial charge in [0.05, 0.1) is 12.2 Å². The van der Waals surface area contributed by atoms with Crippen molar-refractivity contribution in [1.29, 1.82) is 5.26 Å². The summed E-state index contributed by atoms with van der Waals surface area (Å²) in [6.45, 7) is 16.3. The molecule has 2 amide bonds. The van der Waals surface area contributed by atoms with Gasteiger partial charge < -0.3 is 19.6 Å². The third-order valence-electron chi connectivity index (χ3n) is 14.2. The Morgan fingerprint density at radius 1 is 1.00 bits per heavy atom. The van der Waals surface area contributed by atoms with E-state index < -0.39 is 27.3 Å². The van der Waals surface area contributed by atoms with Gasteiger partial charge in [0, 0.05) is 56.5 Å². The molecule has 0 saturated heterocycles. The van der Waals surface area contributed by atoms with Crippen LogP contribution in [0.15, 0.2) is 23.3 Å². The standard InChI is InChI=1S/C37H55N3O5/c1-31(2)25-11-12-35(6)26(34(25,5)20-24(22-38)29(31)42)19-28(41)37(44)27-21-32(3,13-14-33(27,4)15-16-36(35,37)7)23-40(9)30(43)39(8)17-18-45-10/h19-20,25,27,44H,11-18,21,23H2,1-10H3/t25-,27+,32-,33+,34-,35+,36-,37+/m0/s1. The zero-order valence-corrected chi connectivity index (χ0v) is 29.3. The van der Waals surface area contributed by atoms with Gasteiger partial charge in [-0.25, -0.2) is 4.79 Å². The van der Waals surface area contributed by atoms with Crippen LogP contribution in [-0.2, 0) is 14.3 Å². The molecule has 0 heterocycles. The number of allylic oxidation sites excluding steroid dienone is 3. The van der Waals surface area contributed by atoms with Crippen molar-refractivity contribution in [3.63, 3.8) is 0 Å². The summed E-state index contributed by atoms with van der Waals surface area (Å²) in [6.07, 6.45) is 9.24. The molecule has 0 spiro atoms.